The van der Waals surface area contributed by atoms with Crippen molar-refractivity contribution in [3.63, 3.8) is 0 Å². The third-order valence-electron chi connectivity index (χ3n) is 6.52. The molecule has 1 unspecified atom stereocenters. The molecule has 0 spiro atoms. The lowest BCUT2D eigenvalue weighted by Crippen LogP contribution is -2.58. The fourth-order valence-corrected chi connectivity index (χ4v) is 5.18. The number of hydrogen-bond acceptors (Lipinski definition) is 2. The summed E-state index contributed by atoms with van der Waals surface area (Å²) in [5.41, 5.74) is 2.91. The predicted octanol–water partition coefficient (Wildman–Crippen LogP) is 4.53. The van der Waals surface area contributed by atoms with Crippen LogP contribution in [0.3, 0.4) is 0 Å². The number of alkyl halides is 2. The number of piperidine rings is 1. The van der Waals surface area contributed by atoms with Gasteiger partial charge < -0.3 is 5.11 Å². The molecule has 2 aliphatic carbocycles. The number of phenolic OH excluding ortho intramolecular Hbond substituents is 1. The van der Waals surface area contributed by atoms with Crippen molar-refractivity contribution in [3.05, 3.63) is 29.3 Å². The predicted molar refractivity (Wildman–Crippen MR) is 98.1 cm³/mol. The molecule has 0 radical (unpaired) electrons. The van der Waals surface area contributed by atoms with Crippen molar-refractivity contribution in [2.75, 3.05) is 13.1 Å². The number of aromatic hydroxyl groups is 1. The minimum absolute atomic E-state index is 0. The average Bonchev–Trinajstić information content (AvgIpc) is 3.05. The van der Waals surface area contributed by atoms with E-state index in [-0.39, 0.29) is 17.8 Å². The Bertz CT molecular complexity index is 620. The van der Waals surface area contributed by atoms with E-state index in [0.717, 1.165) is 32.4 Å². The lowest BCUT2D eigenvalue weighted by Gasteiger charge is -2.54. The normalized spacial score (nSPS) is 37.7. The van der Waals surface area contributed by atoms with Gasteiger partial charge in [0.05, 0.1) is 0 Å². The van der Waals surface area contributed by atoms with E-state index in [1.807, 2.05) is 12.1 Å². The molecular formula is C18H24Cl3NO. The van der Waals surface area contributed by atoms with Gasteiger partial charge in [0, 0.05) is 18.5 Å². The molecule has 128 valence electrons. The summed E-state index contributed by atoms with van der Waals surface area (Å²) in [6, 6.07) is 6.47. The molecule has 5 heteroatoms. The Hall–Kier alpha value is -0.150. The van der Waals surface area contributed by atoms with Gasteiger partial charge in [-0.05, 0) is 60.4 Å². The minimum Gasteiger partial charge on any atom is -0.508 e. The van der Waals surface area contributed by atoms with Gasteiger partial charge in [0.15, 0.2) is 0 Å². The van der Waals surface area contributed by atoms with Crippen LogP contribution in [-0.4, -0.2) is 33.5 Å². The Morgan fingerprint density at radius 1 is 1.35 bits per heavy atom. The maximum Gasteiger partial charge on any atom is 0.122 e. The first-order valence-electron chi connectivity index (χ1n) is 8.25. The number of nitrogens with zero attached hydrogens (tertiary/aromatic N) is 1. The number of likely N-dealkylation sites (tertiary alicyclic amines) is 1. The van der Waals surface area contributed by atoms with Gasteiger partial charge in [-0.15, -0.1) is 35.6 Å². The highest BCUT2D eigenvalue weighted by molar-refractivity contribution is 6.50. The Morgan fingerprint density at radius 3 is 2.70 bits per heavy atom. The standard InChI is InChI=1S/C18H23Cl2NO.ClH/c1-11-16-7-12-3-4-14(22)8-15(12)17(11,2)5-6-21(16)10-13-9-18(13,19)20;/h3-4,8,11,13,16,22H,5-7,9-10H2,1-2H3;1H/t11-,13?,16-,17-;/m1./s1. The molecule has 2 fully saturated rings. The summed E-state index contributed by atoms with van der Waals surface area (Å²) in [6.07, 6.45) is 3.12. The molecular weight excluding hydrogens is 353 g/mol. The zero-order valence-electron chi connectivity index (χ0n) is 13.6. The van der Waals surface area contributed by atoms with Crippen LogP contribution in [0.5, 0.6) is 5.75 Å². The highest BCUT2D eigenvalue weighted by Gasteiger charge is 2.55. The SMILES string of the molecule is C[C@@H]1[C@H]2Cc3ccc(O)cc3[C@]1(C)CCN2CC1CC1(Cl)Cl.Cl. The number of phenols is 1. The number of benzene rings is 1. The molecule has 1 aromatic carbocycles. The second-order valence-corrected chi connectivity index (χ2v) is 9.27. The van der Waals surface area contributed by atoms with Crippen molar-refractivity contribution < 1.29 is 5.11 Å². The van der Waals surface area contributed by atoms with Crippen molar-refractivity contribution >= 4 is 35.6 Å². The molecule has 3 aliphatic rings. The summed E-state index contributed by atoms with van der Waals surface area (Å²) < 4.78 is -0.484. The summed E-state index contributed by atoms with van der Waals surface area (Å²) in [4.78, 5) is 2.61. The Kier molecular flexibility index (Phi) is 4.37. The van der Waals surface area contributed by atoms with E-state index in [2.05, 4.69) is 24.8 Å². The first kappa shape index (κ1) is 17.7. The molecule has 1 aromatic rings. The van der Waals surface area contributed by atoms with Gasteiger partial charge in [-0.3, -0.25) is 4.90 Å². The average molecular weight is 377 g/mol. The molecule has 0 amide bonds. The third kappa shape index (κ3) is 2.76. The Balaban J connectivity index is 0.00000156. The highest BCUT2D eigenvalue weighted by Crippen LogP contribution is 2.55. The molecule has 4 rings (SSSR count). The molecule has 2 nitrogen and oxygen atoms in total. The largest absolute Gasteiger partial charge is 0.508 e. The summed E-state index contributed by atoms with van der Waals surface area (Å²) in [7, 11) is 0. The van der Waals surface area contributed by atoms with Crippen LogP contribution in [-0.2, 0) is 11.8 Å². The minimum atomic E-state index is -0.484. The number of fused-ring (bicyclic) bond motifs is 4. The maximum atomic E-state index is 9.88. The molecule has 1 saturated carbocycles. The van der Waals surface area contributed by atoms with E-state index in [1.165, 1.54) is 11.1 Å². The zero-order chi connectivity index (χ0) is 15.7. The van der Waals surface area contributed by atoms with Gasteiger partial charge in [0.2, 0.25) is 0 Å². The van der Waals surface area contributed by atoms with Gasteiger partial charge in [0.1, 0.15) is 10.1 Å². The lowest BCUT2D eigenvalue weighted by atomic mass is 9.59. The Labute approximate surface area is 154 Å². The molecule has 1 heterocycles. The summed E-state index contributed by atoms with van der Waals surface area (Å²) >= 11 is 12.5. The molecule has 2 bridgehead atoms. The molecule has 0 aromatic heterocycles. The number of halogens is 3. The van der Waals surface area contributed by atoms with Gasteiger partial charge in [-0.25, -0.2) is 0 Å². The van der Waals surface area contributed by atoms with E-state index in [0.29, 0.717) is 23.6 Å². The molecule has 1 aliphatic heterocycles. The number of rotatable bonds is 2. The fraction of sp³-hybridized carbons (Fsp3) is 0.667. The monoisotopic (exact) mass is 375 g/mol. The van der Waals surface area contributed by atoms with Crippen LogP contribution in [0.1, 0.15) is 37.8 Å². The van der Waals surface area contributed by atoms with Crippen molar-refractivity contribution in [2.45, 2.75) is 48.9 Å². The van der Waals surface area contributed by atoms with E-state index in [4.69, 9.17) is 23.2 Å². The van der Waals surface area contributed by atoms with Gasteiger partial charge in [0.25, 0.3) is 0 Å². The molecule has 4 atom stereocenters. The third-order valence-corrected chi connectivity index (χ3v) is 7.44. The van der Waals surface area contributed by atoms with Crippen LogP contribution in [0.2, 0.25) is 0 Å². The maximum absolute atomic E-state index is 9.88. The quantitative estimate of drug-likeness (QED) is 0.766. The van der Waals surface area contributed by atoms with Crippen LogP contribution in [0.25, 0.3) is 0 Å². The topological polar surface area (TPSA) is 23.5 Å². The highest BCUT2D eigenvalue weighted by atomic mass is 35.5. The van der Waals surface area contributed by atoms with Gasteiger partial charge >= 0.3 is 0 Å². The van der Waals surface area contributed by atoms with Crippen LogP contribution in [0.15, 0.2) is 18.2 Å². The van der Waals surface area contributed by atoms with Gasteiger partial charge in [-0.1, -0.05) is 19.9 Å². The molecule has 1 saturated heterocycles. The summed E-state index contributed by atoms with van der Waals surface area (Å²) in [6.45, 7) is 6.85. The van der Waals surface area contributed by atoms with E-state index in [9.17, 15) is 5.11 Å². The summed E-state index contributed by atoms with van der Waals surface area (Å²) in [5.74, 6) is 1.39. The van der Waals surface area contributed by atoms with Crippen molar-refractivity contribution in [1.29, 1.82) is 0 Å². The fourth-order valence-electron chi connectivity index (χ4n) is 4.67. The van der Waals surface area contributed by atoms with Crippen molar-refractivity contribution in [1.82, 2.24) is 4.90 Å². The number of hydrogen-bond donors (Lipinski definition) is 1. The van der Waals surface area contributed by atoms with Crippen LogP contribution >= 0.6 is 35.6 Å². The second-order valence-electron chi connectivity index (χ2n) is 7.73. The molecule has 23 heavy (non-hydrogen) atoms. The first-order valence-corrected chi connectivity index (χ1v) is 9.01. The van der Waals surface area contributed by atoms with Crippen molar-refractivity contribution in [2.24, 2.45) is 11.8 Å². The van der Waals surface area contributed by atoms with E-state index < -0.39 is 4.33 Å². The summed E-state index contributed by atoms with van der Waals surface area (Å²) in [5, 5.41) is 9.88. The van der Waals surface area contributed by atoms with Crippen LogP contribution in [0, 0.1) is 11.8 Å². The zero-order valence-corrected chi connectivity index (χ0v) is 15.9. The van der Waals surface area contributed by atoms with Crippen molar-refractivity contribution in [3.8, 4) is 5.75 Å². The second kappa shape index (κ2) is 5.69. The van der Waals surface area contributed by atoms with Gasteiger partial charge in [-0.2, -0.15) is 0 Å². The van der Waals surface area contributed by atoms with Crippen LogP contribution in [0.4, 0.5) is 0 Å². The van der Waals surface area contributed by atoms with E-state index in [1.54, 1.807) is 0 Å². The first-order chi connectivity index (χ1) is 10.3. The van der Waals surface area contributed by atoms with E-state index >= 15 is 0 Å². The smallest absolute Gasteiger partial charge is 0.122 e. The molecule has 1 N–H and O–H groups in total. The lowest BCUT2D eigenvalue weighted by molar-refractivity contribution is 0.0281. The Morgan fingerprint density at radius 2 is 2.04 bits per heavy atom. The van der Waals surface area contributed by atoms with Crippen LogP contribution < -0.4 is 0 Å².